The predicted octanol–water partition coefficient (Wildman–Crippen LogP) is 7.31. The maximum absolute atomic E-state index is 14.6. The topological polar surface area (TPSA) is 35.5 Å². The van der Waals surface area contributed by atoms with Crippen molar-refractivity contribution in [2.45, 2.75) is 83.2 Å². The quantitative estimate of drug-likeness (QED) is 0.435. The Morgan fingerprint density at radius 3 is 1.67 bits per heavy atom. The third-order valence-electron chi connectivity index (χ3n) is 6.74. The lowest BCUT2D eigenvalue weighted by molar-refractivity contribution is 0.106. The molecule has 0 saturated heterocycles. The van der Waals surface area contributed by atoms with E-state index in [2.05, 4.69) is 30.3 Å². The highest BCUT2D eigenvalue weighted by Gasteiger charge is 2.60. The number of rotatable bonds is 8. The number of hydrogen-bond acceptors (Lipinski definition) is 3. The molecular weight excluding hydrogens is 355 g/mol. The van der Waals surface area contributed by atoms with E-state index < -0.39 is 12.8 Å². The Kier molecular flexibility index (Phi) is 7.59. The second-order valence-corrected chi connectivity index (χ2v) is 10.4. The first kappa shape index (κ1) is 21.1. The first-order valence-corrected chi connectivity index (χ1v) is 12.7. The standard InChI is InChI=1S/C23H37O3P/c1-3-25-27(24,26-4-2)23(20-14-8-5-9-15-20,21-16-10-6-11-17-21)22-18-12-7-13-19-22/h5,8-9,14-15,21-22H,3-4,6-7,10-13,16-19H2,1-2H3. The van der Waals surface area contributed by atoms with E-state index in [4.69, 9.17) is 9.05 Å². The zero-order valence-corrected chi connectivity index (χ0v) is 18.1. The van der Waals surface area contributed by atoms with Crippen LogP contribution in [0.5, 0.6) is 0 Å². The minimum Gasteiger partial charge on any atom is -0.308 e. The van der Waals surface area contributed by atoms with Crippen LogP contribution in [0.4, 0.5) is 0 Å². The third kappa shape index (κ3) is 4.07. The molecular formula is C23H37O3P. The largest absolute Gasteiger partial charge is 0.341 e. The Hall–Kier alpha value is -0.630. The van der Waals surface area contributed by atoms with E-state index in [0.29, 0.717) is 25.0 Å². The Morgan fingerprint density at radius 1 is 0.815 bits per heavy atom. The molecule has 1 aromatic rings. The van der Waals surface area contributed by atoms with Gasteiger partial charge in [-0.2, -0.15) is 0 Å². The molecule has 152 valence electrons. The fraction of sp³-hybridized carbons (Fsp3) is 0.739. The summed E-state index contributed by atoms with van der Waals surface area (Å²) in [7, 11) is -3.32. The second kappa shape index (κ2) is 9.72. The van der Waals surface area contributed by atoms with Gasteiger partial charge in [-0.15, -0.1) is 0 Å². The molecule has 0 aromatic heterocycles. The Bertz CT molecular complexity index is 575. The minimum atomic E-state index is -3.32. The van der Waals surface area contributed by atoms with E-state index in [1.807, 2.05) is 13.8 Å². The van der Waals surface area contributed by atoms with Crippen molar-refractivity contribution in [1.82, 2.24) is 0 Å². The molecule has 0 N–H and O–H groups in total. The van der Waals surface area contributed by atoms with Gasteiger partial charge in [-0.3, -0.25) is 4.57 Å². The van der Waals surface area contributed by atoms with E-state index >= 15 is 0 Å². The molecule has 2 aliphatic carbocycles. The van der Waals surface area contributed by atoms with Crippen LogP contribution in [0.2, 0.25) is 0 Å². The average Bonchev–Trinajstić information content (AvgIpc) is 2.71. The van der Waals surface area contributed by atoms with Gasteiger partial charge >= 0.3 is 7.60 Å². The van der Waals surface area contributed by atoms with Crippen molar-refractivity contribution in [2.24, 2.45) is 11.8 Å². The third-order valence-corrected chi connectivity index (χ3v) is 9.83. The van der Waals surface area contributed by atoms with Crippen LogP contribution in [-0.4, -0.2) is 13.2 Å². The fourth-order valence-electron chi connectivity index (χ4n) is 5.79. The molecule has 2 fully saturated rings. The molecule has 4 heteroatoms. The Morgan fingerprint density at radius 2 is 1.26 bits per heavy atom. The minimum absolute atomic E-state index is 0.376. The molecule has 0 radical (unpaired) electrons. The van der Waals surface area contributed by atoms with Crippen LogP contribution < -0.4 is 0 Å². The molecule has 2 aliphatic rings. The molecule has 2 saturated carbocycles. The van der Waals surface area contributed by atoms with Crippen molar-refractivity contribution in [3.8, 4) is 0 Å². The molecule has 0 heterocycles. The van der Waals surface area contributed by atoms with Crippen molar-refractivity contribution in [2.75, 3.05) is 13.2 Å². The van der Waals surface area contributed by atoms with Gasteiger partial charge in [0.1, 0.15) is 5.16 Å². The van der Waals surface area contributed by atoms with Gasteiger partial charge < -0.3 is 9.05 Å². The second-order valence-electron chi connectivity index (χ2n) is 8.19. The summed E-state index contributed by atoms with van der Waals surface area (Å²) < 4.78 is 26.8. The molecule has 0 aliphatic heterocycles. The molecule has 0 amide bonds. The number of benzene rings is 1. The van der Waals surface area contributed by atoms with Crippen LogP contribution in [0.1, 0.15) is 83.6 Å². The molecule has 0 atom stereocenters. The summed E-state index contributed by atoms with van der Waals surface area (Å²) in [6.45, 7) is 4.77. The van der Waals surface area contributed by atoms with Crippen LogP contribution >= 0.6 is 7.60 Å². The lowest BCUT2D eigenvalue weighted by Crippen LogP contribution is -2.45. The molecule has 0 bridgehead atoms. The summed E-state index contributed by atoms with van der Waals surface area (Å²) in [6, 6.07) is 10.6. The number of hydrogen-bond donors (Lipinski definition) is 0. The van der Waals surface area contributed by atoms with Gasteiger partial charge in [0, 0.05) is 0 Å². The van der Waals surface area contributed by atoms with Crippen LogP contribution in [-0.2, 0) is 18.8 Å². The first-order valence-electron chi connectivity index (χ1n) is 11.1. The summed E-state index contributed by atoms with van der Waals surface area (Å²) in [5.74, 6) is 0.751. The van der Waals surface area contributed by atoms with Crippen LogP contribution in [0.3, 0.4) is 0 Å². The van der Waals surface area contributed by atoms with Gasteiger partial charge in [0.25, 0.3) is 0 Å². The van der Waals surface area contributed by atoms with Crippen LogP contribution in [0.15, 0.2) is 30.3 Å². The van der Waals surface area contributed by atoms with Gasteiger partial charge in [0.05, 0.1) is 13.2 Å². The van der Waals surface area contributed by atoms with E-state index in [-0.39, 0.29) is 0 Å². The highest BCUT2D eigenvalue weighted by Crippen LogP contribution is 2.74. The monoisotopic (exact) mass is 392 g/mol. The van der Waals surface area contributed by atoms with E-state index in [1.165, 1.54) is 44.1 Å². The molecule has 0 unspecified atom stereocenters. The lowest BCUT2D eigenvalue weighted by Gasteiger charge is -2.51. The highest BCUT2D eigenvalue weighted by molar-refractivity contribution is 7.55. The molecule has 27 heavy (non-hydrogen) atoms. The van der Waals surface area contributed by atoms with Crippen molar-refractivity contribution >= 4 is 7.60 Å². The Labute approximate surface area is 165 Å². The molecule has 0 spiro atoms. The van der Waals surface area contributed by atoms with Gasteiger partial charge in [0.2, 0.25) is 0 Å². The van der Waals surface area contributed by atoms with Crippen molar-refractivity contribution in [3.05, 3.63) is 35.9 Å². The summed E-state index contributed by atoms with van der Waals surface area (Å²) in [6.07, 6.45) is 12.0. The molecule has 3 rings (SSSR count). The van der Waals surface area contributed by atoms with Crippen molar-refractivity contribution in [1.29, 1.82) is 0 Å². The van der Waals surface area contributed by atoms with E-state index in [9.17, 15) is 4.57 Å². The normalized spacial score (nSPS) is 20.7. The summed E-state index contributed by atoms with van der Waals surface area (Å²) in [5.41, 5.74) is 1.19. The first-order chi connectivity index (χ1) is 13.2. The average molecular weight is 393 g/mol. The smallest absolute Gasteiger partial charge is 0.308 e. The summed E-state index contributed by atoms with van der Waals surface area (Å²) in [4.78, 5) is 0. The van der Waals surface area contributed by atoms with Gasteiger partial charge in [0.15, 0.2) is 0 Å². The van der Waals surface area contributed by atoms with Crippen molar-refractivity contribution in [3.63, 3.8) is 0 Å². The summed E-state index contributed by atoms with van der Waals surface area (Å²) >= 11 is 0. The van der Waals surface area contributed by atoms with Crippen LogP contribution in [0, 0.1) is 11.8 Å². The lowest BCUT2D eigenvalue weighted by atomic mass is 9.66. The maximum Gasteiger partial charge on any atom is 0.341 e. The highest BCUT2D eigenvalue weighted by atomic mass is 31.2. The summed E-state index contributed by atoms with van der Waals surface area (Å²) in [5, 5.41) is -0.499. The van der Waals surface area contributed by atoms with Crippen molar-refractivity contribution < 1.29 is 13.6 Å². The molecule has 1 aromatic carbocycles. The zero-order chi connectivity index (χ0) is 19.2. The zero-order valence-electron chi connectivity index (χ0n) is 17.2. The van der Waals surface area contributed by atoms with E-state index in [0.717, 1.165) is 25.7 Å². The SMILES string of the molecule is CCOP(=O)(OCC)C(c1ccccc1)(C1CCCCC1)C1CCCCC1. The maximum atomic E-state index is 14.6. The van der Waals surface area contributed by atoms with Crippen LogP contribution in [0.25, 0.3) is 0 Å². The van der Waals surface area contributed by atoms with Gasteiger partial charge in [-0.1, -0.05) is 68.9 Å². The predicted molar refractivity (Wildman–Crippen MR) is 112 cm³/mol. The Balaban J connectivity index is 2.21. The fourth-order valence-corrected chi connectivity index (χ4v) is 8.85. The van der Waals surface area contributed by atoms with E-state index in [1.54, 1.807) is 0 Å². The molecule has 3 nitrogen and oxygen atoms in total. The van der Waals surface area contributed by atoms with Gasteiger partial charge in [-0.05, 0) is 56.9 Å². The van der Waals surface area contributed by atoms with Gasteiger partial charge in [-0.25, -0.2) is 0 Å².